The highest BCUT2D eigenvalue weighted by molar-refractivity contribution is 5.82. The van der Waals surface area contributed by atoms with E-state index in [2.05, 4.69) is 22.5 Å². The Balaban J connectivity index is 1.81. The third-order valence-corrected chi connectivity index (χ3v) is 3.47. The van der Waals surface area contributed by atoms with Gasteiger partial charge in [0.05, 0.1) is 6.04 Å². The lowest BCUT2D eigenvalue weighted by Gasteiger charge is -2.37. The molecule has 1 amide bonds. The Morgan fingerprint density at radius 2 is 2.00 bits per heavy atom. The van der Waals surface area contributed by atoms with Crippen molar-refractivity contribution in [2.75, 3.05) is 52.4 Å². The summed E-state index contributed by atoms with van der Waals surface area (Å²) in [6, 6.07) is -0.0121. The predicted octanol–water partition coefficient (Wildman–Crippen LogP) is -1.29. The lowest BCUT2D eigenvalue weighted by molar-refractivity contribution is -0.135. The molecular weight excluding hydrogens is 204 g/mol. The Kier molecular flexibility index (Phi) is 4.15. The summed E-state index contributed by atoms with van der Waals surface area (Å²) in [6.07, 6.45) is 0. The summed E-state index contributed by atoms with van der Waals surface area (Å²) in [6.45, 7) is 9.68. The molecule has 0 bridgehead atoms. The van der Waals surface area contributed by atoms with Crippen LogP contribution in [-0.2, 0) is 4.79 Å². The fourth-order valence-corrected chi connectivity index (χ4v) is 2.33. The lowest BCUT2D eigenvalue weighted by atomic mass is 10.2. The van der Waals surface area contributed by atoms with E-state index in [1.807, 2.05) is 4.90 Å². The first kappa shape index (κ1) is 11.8. The van der Waals surface area contributed by atoms with E-state index in [1.165, 1.54) is 0 Å². The van der Waals surface area contributed by atoms with E-state index < -0.39 is 0 Å². The highest BCUT2D eigenvalue weighted by Crippen LogP contribution is 2.04. The van der Waals surface area contributed by atoms with Crippen molar-refractivity contribution in [1.29, 1.82) is 0 Å². The first-order valence-corrected chi connectivity index (χ1v) is 6.26. The number of likely N-dealkylation sites (N-methyl/N-ethyl adjacent to an activating group) is 1. The van der Waals surface area contributed by atoms with Gasteiger partial charge in [-0.2, -0.15) is 0 Å². The van der Waals surface area contributed by atoms with Crippen LogP contribution < -0.4 is 10.6 Å². The summed E-state index contributed by atoms with van der Waals surface area (Å²) in [5.74, 6) is 0.267. The molecule has 0 aromatic rings. The van der Waals surface area contributed by atoms with Gasteiger partial charge in [-0.15, -0.1) is 0 Å². The molecule has 16 heavy (non-hydrogen) atoms. The number of nitrogens with one attached hydrogen (secondary N) is 2. The van der Waals surface area contributed by atoms with Gasteiger partial charge in [0.2, 0.25) is 5.91 Å². The third kappa shape index (κ3) is 2.72. The average molecular weight is 226 g/mol. The maximum Gasteiger partial charge on any atom is 0.241 e. The maximum absolute atomic E-state index is 12.2. The Morgan fingerprint density at radius 1 is 1.25 bits per heavy atom. The molecule has 0 spiro atoms. The normalized spacial score (nSPS) is 28.1. The summed E-state index contributed by atoms with van der Waals surface area (Å²) < 4.78 is 0. The zero-order valence-electron chi connectivity index (χ0n) is 10.0. The standard InChI is InChI=1S/C11H22N4O/c1-2-14-5-7-15(8-6-14)11(16)10-9-12-3-4-13-10/h10,12-13H,2-9H2,1H3. The SMILES string of the molecule is CCN1CCN(C(=O)C2CNCCN2)CC1. The molecule has 2 N–H and O–H groups in total. The highest BCUT2D eigenvalue weighted by Gasteiger charge is 2.27. The topological polar surface area (TPSA) is 47.6 Å². The monoisotopic (exact) mass is 226 g/mol. The van der Waals surface area contributed by atoms with Crippen molar-refractivity contribution in [2.24, 2.45) is 0 Å². The quantitative estimate of drug-likeness (QED) is 0.615. The predicted molar refractivity (Wildman–Crippen MR) is 63.4 cm³/mol. The molecule has 5 heteroatoms. The van der Waals surface area contributed by atoms with Gasteiger partial charge in [0.1, 0.15) is 0 Å². The molecular formula is C11H22N4O. The molecule has 0 aromatic carbocycles. The first-order chi connectivity index (χ1) is 7.81. The van der Waals surface area contributed by atoms with Gasteiger partial charge in [-0.3, -0.25) is 4.79 Å². The number of amides is 1. The van der Waals surface area contributed by atoms with Crippen molar-refractivity contribution in [2.45, 2.75) is 13.0 Å². The second-order valence-electron chi connectivity index (χ2n) is 4.47. The van der Waals surface area contributed by atoms with E-state index in [0.29, 0.717) is 0 Å². The van der Waals surface area contributed by atoms with Crippen LogP contribution in [0, 0.1) is 0 Å². The summed E-state index contributed by atoms with van der Waals surface area (Å²) in [5, 5.41) is 6.53. The number of carbonyl (C=O) groups is 1. The molecule has 1 unspecified atom stereocenters. The van der Waals surface area contributed by atoms with Crippen molar-refractivity contribution in [3.63, 3.8) is 0 Å². The van der Waals surface area contributed by atoms with Crippen molar-refractivity contribution < 1.29 is 4.79 Å². The smallest absolute Gasteiger partial charge is 0.241 e. The van der Waals surface area contributed by atoms with Crippen LogP contribution in [0.4, 0.5) is 0 Å². The highest BCUT2D eigenvalue weighted by atomic mass is 16.2. The van der Waals surface area contributed by atoms with Gasteiger partial charge in [-0.25, -0.2) is 0 Å². The van der Waals surface area contributed by atoms with Gasteiger partial charge >= 0.3 is 0 Å². The molecule has 2 aliphatic rings. The number of hydrogen-bond donors (Lipinski definition) is 2. The van der Waals surface area contributed by atoms with Crippen LogP contribution in [0.2, 0.25) is 0 Å². The zero-order valence-corrected chi connectivity index (χ0v) is 10.0. The Bertz CT molecular complexity index is 232. The molecule has 2 saturated heterocycles. The van der Waals surface area contributed by atoms with Crippen LogP contribution in [-0.4, -0.2) is 74.1 Å². The van der Waals surface area contributed by atoms with Crippen LogP contribution in [0.25, 0.3) is 0 Å². The minimum absolute atomic E-state index is 0.0121. The van der Waals surface area contributed by atoms with E-state index >= 15 is 0 Å². The van der Waals surface area contributed by atoms with Crippen LogP contribution in [0.15, 0.2) is 0 Å². The molecule has 5 nitrogen and oxygen atoms in total. The minimum atomic E-state index is -0.0121. The van der Waals surface area contributed by atoms with Gasteiger partial charge in [-0.1, -0.05) is 6.92 Å². The van der Waals surface area contributed by atoms with Gasteiger partial charge in [0.25, 0.3) is 0 Å². The minimum Gasteiger partial charge on any atom is -0.339 e. The average Bonchev–Trinajstić information content (AvgIpc) is 2.39. The summed E-state index contributed by atoms with van der Waals surface area (Å²) >= 11 is 0. The molecule has 2 fully saturated rings. The first-order valence-electron chi connectivity index (χ1n) is 6.26. The fourth-order valence-electron chi connectivity index (χ4n) is 2.33. The molecule has 2 rings (SSSR count). The van der Waals surface area contributed by atoms with E-state index in [0.717, 1.165) is 52.4 Å². The molecule has 1 atom stereocenters. The Labute approximate surface area is 97.2 Å². The van der Waals surface area contributed by atoms with Crippen LogP contribution in [0.3, 0.4) is 0 Å². The van der Waals surface area contributed by atoms with Gasteiger partial charge < -0.3 is 20.4 Å². The lowest BCUT2D eigenvalue weighted by Crippen LogP contribution is -2.59. The number of nitrogens with zero attached hydrogens (tertiary/aromatic N) is 2. The van der Waals surface area contributed by atoms with Crippen LogP contribution >= 0.6 is 0 Å². The van der Waals surface area contributed by atoms with Gasteiger partial charge in [0, 0.05) is 45.8 Å². The van der Waals surface area contributed by atoms with E-state index in [4.69, 9.17) is 0 Å². The van der Waals surface area contributed by atoms with Crippen molar-refractivity contribution in [3.8, 4) is 0 Å². The Hall–Kier alpha value is -0.650. The Morgan fingerprint density at radius 3 is 2.56 bits per heavy atom. The molecule has 92 valence electrons. The van der Waals surface area contributed by atoms with Crippen LogP contribution in [0.1, 0.15) is 6.92 Å². The molecule has 0 aromatic heterocycles. The summed E-state index contributed by atoms with van der Waals surface area (Å²) in [7, 11) is 0. The fraction of sp³-hybridized carbons (Fsp3) is 0.909. The van der Waals surface area contributed by atoms with E-state index in [9.17, 15) is 4.79 Å². The molecule has 0 radical (unpaired) electrons. The van der Waals surface area contributed by atoms with Crippen molar-refractivity contribution in [1.82, 2.24) is 20.4 Å². The second kappa shape index (κ2) is 5.61. The molecule has 2 heterocycles. The third-order valence-electron chi connectivity index (χ3n) is 3.47. The molecule has 0 aliphatic carbocycles. The number of hydrogen-bond acceptors (Lipinski definition) is 4. The van der Waals surface area contributed by atoms with E-state index in [-0.39, 0.29) is 11.9 Å². The van der Waals surface area contributed by atoms with E-state index in [1.54, 1.807) is 0 Å². The second-order valence-corrected chi connectivity index (χ2v) is 4.47. The number of piperazine rings is 2. The van der Waals surface area contributed by atoms with Crippen molar-refractivity contribution >= 4 is 5.91 Å². The number of carbonyl (C=O) groups excluding carboxylic acids is 1. The summed E-state index contributed by atoms with van der Waals surface area (Å²) in [5.41, 5.74) is 0. The van der Waals surface area contributed by atoms with Crippen molar-refractivity contribution in [3.05, 3.63) is 0 Å². The zero-order chi connectivity index (χ0) is 11.4. The maximum atomic E-state index is 12.2. The number of rotatable bonds is 2. The molecule has 2 aliphatic heterocycles. The van der Waals surface area contributed by atoms with Gasteiger partial charge in [0.15, 0.2) is 0 Å². The molecule has 0 saturated carbocycles. The van der Waals surface area contributed by atoms with Gasteiger partial charge in [-0.05, 0) is 6.54 Å². The van der Waals surface area contributed by atoms with Crippen LogP contribution in [0.5, 0.6) is 0 Å². The summed E-state index contributed by atoms with van der Waals surface area (Å²) in [4.78, 5) is 16.5. The largest absolute Gasteiger partial charge is 0.339 e.